The smallest absolute Gasteiger partial charge is 0.276 e. The number of phenols is 1. The highest BCUT2D eigenvalue weighted by atomic mass is 35.5. The van der Waals surface area contributed by atoms with E-state index in [0.717, 1.165) is 31.5 Å². The van der Waals surface area contributed by atoms with Gasteiger partial charge in [-0.05, 0) is 37.5 Å². The van der Waals surface area contributed by atoms with Gasteiger partial charge >= 0.3 is 0 Å². The lowest BCUT2D eigenvalue weighted by molar-refractivity contribution is 0.102. The molecule has 1 saturated heterocycles. The van der Waals surface area contributed by atoms with Crippen LogP contribution in [0.4, 0.5) is 11.6 Å². The lowest BCUT2D eigenvalue weighted by atomic mass is 10.2. The molecule has 2 N–H and O–H groups in total. The molecular weight excluding hydrogens is 316 g/mol. The molecule has 23 heavy (non-hydrogen) atoms. The summed E-state index contributed by atoms with van der Waals surface area (Å²) in [6.07, 6.45) is 3.61. The predicted octanol–water partition coefficient (Wildman–Crippen LogP) is 3.00. The van der Waals surface area contributed by atoms with Gasteiger partial charge in [0.15, 0.2) is 5.69 Å². The Morgan fingerprint density at radius 3 is 2.78 bits per heavy atom. The van der Waals surface area contributed by atoms with Gasteiger partial charge in [-0.3, -0.25) is 4.79 Å². The first kappa shape index (κ1) is 15.6. The van der Waals surface area contributed by atoms with Crippen LogP contribution in [-0.4, -0.2) is 34.1 Å². The number of hydrogen-bond acceptors (Lipinski definition) is 5. The first-order valence-corrected chi connectivity index (χ1v) is 7.81. The fourth-order valence-corrected chi connectivity index (χ4v) is 2.69. The standard InChI is InChI=1S/C16H17ClN4O2/c1-10-4-5-12(13(22)8-10)19-15(23)14-11(17)9-18-16(20-14)21-6-2-3-7-21/h4-5,8-9,22H,2-3,6-7H2,1H3,(H,19,23). The zero-order valence-electron chi connectivity index (χ0n) is 12.7. The van der Waals surface area contributed by atoms with E-state index in [-0.39, 0.29) is 16.5 Å². The molecule has 1 aliphatic heterocycles. The Labute approximate surface area is 139 Å². The number of amides is 1. The second-order valence-corrected chi connectivity index (χ2v) is 5.94. The van der Waals surface area contributed by atoms with Crippen molar-refractivity contribution in [2.75, 3.05) is 23.3 Å². The summed E-state index contributed by atoms with van der Waals surface area (Å²) < 4.78 is 0. The molecule has 1 aliphatic rings. The minimum atomic E-state index is -0.475. The lowest BCUT2D eigenvalue weighted by Gasteiger charge is -2.16. The van der Waals surface area contributed by atoms with Crippen molar-refractivity contribution in [1.29, 1.82) is 0 Å². The molecule has 1 aromatic carbocycles. The molecule has 0 unspecified atom stereocenters. The van der Waals surface area contributed by atoms with E-state index in [1.54, 1.807) is 18.2 Å². The van der Waals surface area contributed by atoms with Crippen molar-refractivity contribution >= 4 is 29.1 Å². The largest absolute Gasteiger partial charge is 0.506 e. The number of phenolic OH excluding ortho intramolecular Hbond substituents is 1. The van der Waals surface area contributed by atoms with Crippen molar-refractivity contribution < 1.29 is 9.90 Å². The molecule has 1 amide bonds. The zero-order chi connectivity index (χ0) is 16.4. The quantitative estimate of drug-likeness (QED) is 0.845. The predicted molar refractivity (Wildman–Crippen MR) is 89.3 cm³/mol. The third-order valence-corrected chi connectivity index (χ3v) is 4.01. The molecule has 0 saturated carbocycles. The molecule has 7 heteroatoms. The highest BCUT2D eigenvalue weighted by Crippen LogP contribution is 2.26. The van der Waals surface area contributed by atoms with Gasteiger partial charge < -0.3 is 15.3 Å². The molecular formula is C16H17ClN4O2. The average molecular weight is 333 g/mol. The number of carbonyl (C=O) groups excluding carboxylic acids is 1. The topological polar surface area (TPSA) is 78.4 Å². The second kappa shape index (κ2) is 6.42. The maximum atomic E-state index is 12.4. The first-order valence-electron chi connectivity index (χ1n) is 7.43. The van der Waals surface area contributed by atoms with E-state index in [9.17, 15) is 9.90 Å². The number of aryl methyl sites for hydroxylation is 1. The maximum Gasteiger partial charge on any atom is 0.276 e. The Balaban J connectivity index is 1.85. The number of aromatic nitrogens is 2. The number of aromatic hydroxyl groups is 1. The molecule has 2 aromatic rings. The molecule has 0 bridgehead atoms. The molecule has 0 atom stereocenters. The van der Waals surface area contributed by atoms with Crippen molar-refractivity contribution in [3.8, 4) is 5.75 Å². The van der Waals surface area contributed by atoms with Gasteiger partial charge in [-0.15, -0.1) is 0 Å². The second-order valence-electron chi connectivity index (χ2n) is 5.54. The molecule has 0 radical (unpaired) electrons. The Morgan fingerprint density at radius 2 is 2.09 bits per heavy atom. The summed E-state index contributed by atoms with van der Waals surface area (Å²) in [6, 6.07) is 5.01. The van der Waals surface area contributed by atoms with Crippen LogP contribution in [0.2, 0.25) is 5.02 Å². The molecule has 0 spiro atoms. The minimum absolute atomic E-state index is 0.00305. The third kappa shape index (κ3) is 3.37. The van der Waals surface area contributed by atoms with Crippen LogP contribution in [-0.2, 0) is 0 Å². The van der Waals surface area contributed by atoms with Crippen LogP contribution in [0.1, 0.15) is 28.9 Å². The number of nitrogens with one attached hydrogen (secondary N) is 1. The summed E-state index contributed by atoms with van der Waals surface area (Å²) in [5, 5.41) is 12.7. The van der Waals surface area contributed by atoms with Gasteiger partial charge in [0.1, 0.15) is 5.75 Å². The summed E-state index contributed by atoms with van der Waals surface area (Å²) in [5.41, 5.74) is 1.32. The van der Waals surface area contributed by atoms with Crippen molar-refractivity contribution in [3.63, 3.8) is 0 Å². The van der Waals surface area contributed by atoms with Crippen molar-refractivity contribution in [3.05, 3.63) is 40.7 Å². The van der Waals surface area contributed by atoms with Crippen LogP contribution >= 0.6 is 11.6 Å². The normalized spacial score (nSPS) is 14.1. The molecule has 3 rings (SSSR count). The molecule has 6 nitrogen and oxygen atoms in total. The Hall–Kier alpha value is -2.34. The van der Waals surface area contributed by atoms with Gasteiger partial charge in [0, 0.05) is 13.1 Å². The minimum Gasteiger partial charge on any atom is -0.506 e. The fourth-order valence-electron chi connectivity index (χ4n) is 2.52. The van der Waals surface area contributed by atoms with Gasteiger partial charge in [-0.1, -0.05) is 17.7 Å². The molecule has 2 heterocycles. The summed E-state index contributed by atoms with van der Waals surface area (Å²) >= 11 is 6.06. The van der Waals surface area contributed by atoms with Gasteiger partial charge in [0.25, 0.3) is 5.91 Å². The number of benzene rings is 1. The van der Waals surface area contributed by atoms with Gasteiger partial charge in [0.2, 0.25) is 5.95 Å². The third-order valence-electron chi connectivity index (χ3n) is 3.74. The van der Waals surface area contributed by atoms with Gasteiger partial charge in [-0.2, -0.15) is 0 Å². The Bertz CT molecular complexity index is 745. The number of nitrogens with zero attached hydrogens (tertiary/aromatic N) is 3. The maximum absolute atomic E-state index is 12.4. The molecule has 0 aliphatic carbocycles. The van der Waals surface area contributed by atoms with E-state index in [1.165, 1.54) is 6.20 Å². The van der Waals surface area contributed by atoms with Crippen LogP contribution in [0.15, 0.2) is 24.4 Å². The summed E-state index contributed by atoms with van der Waals surface area (Å²) in [4.78, 5) is 22.9. The number of halogens is 1. The van der Waals surface area contributed by atoms with Gasteiger partial charge in [-0.25, -0.2) is 9.97 Å². The van der Waals surface area contributed by atoms with E-state index in [4.69, 9.17) is 11.6 Å². The van der Waals surface area contributed by atoms with E-state index < -0.39 is 5.91 Å². The SMILES string of the molecule is Cc1ccc(NC(=O)c2nc(N3CCCC3)ncc2Cl)c(O)c1. The Kier molecular flexibility index (Phi) is 4.34. The fraction of sp³-hybridized carbons (Fsp3) is 0.312. The van der Waals surface area contributed by atoms with Crippen molar-refractivity contribution in [2.45, 2.75) is 19.8 Å². The molecule has 1 aromatic heterocycles. The summed E-state index contributed by atoms with van der Waals surface area (Å²) in [5.74, 6) is 0.0328. The molecule has 1 fully saturated rings. The van der Waals surface area contributed by atoms with Crippen LogP contribution < -0.4 is 10.2 Å². The van der Waals surface area contributed by atoms with Crippen LogP contribution in [0, 0.1) is 6.92 Å². The van der Waals surface area contributed by atoms with E-state index in [1.807, 2.05) is 11.8 Å². The zero-order valence-corrected chi connectivity index (χ0v) is 13.5. The van der Waals surface area contributed by atoms with Crippen LogP contribution in [0.5, 0.6) is 5.75 Å². The number of rotatable bonds is 3. The van der Waals surface area contributed by atoms with E-state index in [2.05, 4.69) is 15.3 Å². The first-order chi connectivity index (χ1) is 11.0. The lowest BCUT2D eigenvalue weighted by Crippen LogP contribution is -2.23. The highest BCUT2D eigenvalue weighted by molar-refractivity contribution is 6.34. The van der Waals surface area contributed by atoms with Gasteiger partial charge in [0.05, 0.1) is 16.9 Å². The average Bonchev–Trinajstić information content (AvgIpc) is 3.05. The van der Waals surface area contributed by atoms with E-state index in [0.29, 0.717) is 11.6 Å². The summed E-state index contributed by atoms with van der Waals surface area (Å²) in [7, 11) is 0. The summed E-state index contributed by atoms with van der Waals surface area (Å²) in [6.45, 7) is 3.61. The van der Waals surface area contributed by atoms with Crippen LogP contribution in [0.3, 0.4) is 0 Å². The number of hydrogen-bond donors (Lipinski definition) is 2. The van der Waals surface area contributed by atoms with Crippen molar-refractivity contribution in [1.82, 2.24) is 9.97 Å². The Morgan fingerprint density at radius 1 is 1.35 bits per heavy atom. The monoisotopic (exact) mass is 332 g/mol. The van der Waals surface area contributed by atoms with E-state index >= 15 is 0 Å². The van der Waals surface area contributed by atoms with Crippen LogP contribution in [0.25, 0.3) is 0 Å². The molecule has 120 valence electrons. The number of carbonyl (C=O) groups is 1. The highest BCUT2D eigenvalue weighted by Gasteiger charge is 2.20. The number of anilines is 2. The van der Waals surface area contributed by atoms with Crippen molar-refractivity contribution in [2.24, 2.45) is 0 Å².